The van der Waals surface area contributed by atoms with Crippen molar-refractivity contribution < 1.29 is 13.6 Å². The summed E-state index contributed by atoms with van der Waals surface area (Å²) >= 11 is 1.06. The van der Waals surface area contributed by atoms with E-state index in [1.807, 2.05) is 0 Å². The molecule has 0 spiro atoms. The first-order valence-corrected chi connectivity index (χ1v) is 7.63. The molecule has 1 aromatic rings. The average Bonchev–Trinajstić information content (AvgIpc) is 2.45. The molecule has 2 N–H and O–H groups in total. The number of benzene rings is 1. The highest BCUT2D eigenvalue weighted by atomic mass is 32.2. The molecule has 0 aromatic heterocycles. The van der Waals surface area contributed by atoms with Gasteiger partial charge in [0.15, 0.2) is 0 Å². The van der Waals surface area contributed by atoms with Crippen molar-refractivity contribution in [3.8, 4) is 0 Å². The van der Waals surface area contributed by atoms with Gasteiger partial charge >= 0.3 is 0 Å². The van der Waals surface area contributed by atoms with E-state index in [0.717, 1.165) is 37.2 Å². The second-order valence-corrected chi connectivity index (χ2v) is 6.21. The van der Waals surface area contributed by atoms with E-state index >= 15 is 0 Å². The van der Waals surface area contributed by atoms with Crippen molar-refractivity contribution in [1.82, 2.24) is 10.6 Å². The minimum atomic E-state index is -0.642. The van der Waals surface area contributed by atoms with Gasteiger partial charge in [0.25, 0.3) is 0 Å². The molecule has 1 atom stereocenters. The fraction of sp³-hybridized carbons (Fsp3) is 0.400. The number of rotatable bonds is 4. The number of amides is 1. The number of carbonyl (C=O) groups excluding carboxylic acids is 1. The first kappa shape index (κ1) is 16.0. The Hall–Kier alpha value is -1.40. The number of hydrogen-bond donors (Lipinski definition) is 2. The number of nitrogens with one attached hydrogen (secondary N) is 2. The SMILES string of the molecule is C=C(NC(=O)C1CCCNC1)Sc1cc(F)cc(F)c1C. The molecule has 0 radical (unpaired) electrons. The lowest BCUT2D eigenvalue weighted by Gasteiger charge is -2.22. The Morgan fingerprint density at radius 1 is 1.48 bits per heavy atom. The summed E-state index contributed by atoms with van der Waals surface area (Å²) in [7, 11) is 0. The van der Waals surface area contributed by atoms with Gasteiger partial charge in [0.2, 0.25) is 5.91 Å². The van der Waals surface area contributed by atoms with Crippen LogP contribution >= 0.6 is 11.8 Å². The predicted octanol–water partition coefficient (Wildman–Crippen LogP) is 2.95. The molecule has 3 nitrogen and oxygen atoms in total. The van der Waals surface area contributed by atoms with Gasteiger partial charge in [0, 0.05) is 17.5 Å². The normalized spacial score (nSPS) is 18.3. The van der Waals surface area contributed by atoms with Crippen LogP contribution in [0.25, 0.3) is 0 Å². The molecule has 1 aliphatic heterocycles. The third-order valence-corrected chi connectivity index (χ3v) is 4.42. The Bertz CT molecular complexity index is 557. The Morgan fingerprint density at radius 3 is 2.90 bits per heavy atom. The van der Waals surface area contributed by atoms with E-state index < -0.39 is 11.6 Å². The van der Waals surface area contributed by atoms with Crippen LogP contribution in [0.5, 0.6) is 0 Å². The van der Waals surface area contributed by atoms with Crippen molar-refractivity contribution in [3.63, 3.8) is 0 Å². The van der Waals surface area contributed by atoms with Gasteiger partial charge in [0.05, 0.1) is 10.9 Å². The standard InChI is InChI=1S/C15H18F2N2OS/c1-9-13(17)6-12(16)7-14(9)21-10(2)19-15(20)11-4-3-5-18-8-11/h6-7,11,18H,2-5,8H2,1H3,(H,19,20). The van der Waals surface area contributed by atoms with Crippen LogP contribution in [0.2, 0.25) is 0 Å². The molecule has 1 aliphatic rings. The smallest absolute Gasteiger partial charge is 0.229 e. The predicted molar refractivity (Wildman–Crippen MR) is 79.8 cm³/mol. The zero-order valence-corrected chi connectivity index (χ0v) is 12.7. The fourth-order valence-corrected chi connectivity index (χ4v) is 3.04. The molecule has 1 aromatic carbocycles. The molecular formula is C15H18F2N2OS. The first-order chi connectivity index (χ1) is 9.97. The number of carbonyl (C=O) groups is 1. The van der Waals surface area contributed by atoms with Gasteiger partial charge in [0.1, 0.15) is 11.6 Å². The van der Waals surface area contributed by atoms with Crippen LogP contribution in [-0.4, -0.2) is 19.0 Å². The van der Waals surface area contributed by atoms with Crippen LogP contribution in [-0.2, 0) is 4.79 Å². The van der Waals surface area contributed by atoms with E-state index in [1.54, 1.807) is 6.92 Å². The molecule has 2 rings (SSSR count). The third kappa shape index (κ3) is 4.28. The van der Waals surface area contributed by atoms with E-state index in [0.29, 0.717) is 22.0 Å². The lowest BCUT2D eigenvalue weighted by Crippen LogP contribution is -2.39. The molecule has 1 amide bonds. The molecule has 0 aliphatic carbocycles. The van der Waals surface area contributed by atoms with Crippen LogP contribution in [0.4, 0.5) is 8.78 Å². The van der Waals surface area contributed by atoms with Gasteiger partial charge in [-0.15, -0.1) is 0 Å². The van der Waals surface area contributed by atoms with Crippen LogP contribution < -0.4 is 10.6 Å². The molecule has 1 unspecified atom stereocenters. The first-order valence-electron chi connectivity index (χ1n) is 6.81. The Morgan fingerprint density at radius 2 is 2.24 bits per heavy atom. The minimum Gasteiger partial charge on any atom is -0.321 e. The maximum absolute atomic E-state index is 13.5. The Balaban J connectivity index is 1.97. The molecular weight excluding hydrogens is 294 g/mol. The van der Waals surface area contributed by atoms with E-state index in [-0.39, 0.29) is 11.8 Å². The highest BCUT2D eigenvalue weighted by molar-refractivity contribution is 8.03. The van der Waals surface area contributed by atoms with Crippen molar-refractivity contribution in [2.24, 2.45) is 5.92 Å². The third-order valence-electron chi connectivity index (χ3n) is 3.42. The fourth-order valence-electron chi connectivity index (χ4n) is 2.20. The largest absolute Gasteiger partial charge is 0.321 e. The molecule has 1 heterocycles. The van der Waals surface area contributed by atoms with E-state index in [9.17, 15) is 13.6 Å². The Kier molecular flexibility index (Phi) is 5.36. The summed E-state index contributed by atoms with van der Waals surface area (Å²) in [5.41, 5.74) is 0.344. The van der Waals surface area contributed by atoms with Gasteiger partial charge in [-0.1, -0.05) is 18.3 Å². The molecule has 1 saturated heterocycles. The zero-order valence-electron chi connectivity index (χ0n) is 11.8. The van der Waals surface area contributed by atoms with Gasteiger partial charge in [-0.05, 0) is 37.9 Å². The van der Waals surface area contributed by atoms with Crippen LogP contribution in [0.3, 0.4) is 0 Å². The second kappa shape index (κ2) is 7.04. The number of piperidine rings is 1. The average molecular weight is 312 g/mol. The summed E-state index contributed by atoms with van der Waals surface area (Å²) in [6.45, 7) is 6.90. The van der Waals surface area contributed by atoms with E-state index in [1.165, 1.54) is 6.07 Å². The number of thioether (sulfide) groups is 1. The summed E-state index contributed by atoms with van der Waals surface area (Å²) in [5.74, 6) is -1.43. The van der Waals surface area contributed by atoms with Crippen LogP contribution in [0, 0.1) is 24.5 Å². The summed E-state index contributed by atoms with van der Waals surface area (Å²) in [6, 6.07) is 2.08. The van der Waals surface area contributed by atoms with Crippen molar-refractivity contribution in [3.05, 3.63) is 40.9 Å². The van der Waals surface area contributed by atoms with Crippen molar-refractivity contribution in [1.29, 1.82) is 0 Å². The zero-order chi connectivity index (χ0) is 15.4. The molecule has 6 heteroatoms. The quantitative estimate of drug-likeness (QED) is 0.840. The minimum absolute atomic E-state index is 0.0820. The topological polar surface area (TPSA) is 41.1 Å². The number of hydrogen-bond acceptors (Lipinski definition) is 3. The van der Waals surface area contributed by atoms with Gasteiger partial charge < -0.3 is 10.6 Å². The monoisotopic (exact) mass is 312 g/mol. The molecule has 0 saturated carbocycles. The molecule has 114 valence electrons. The second-order valence-electron chi connectivity index (χ2n) is 5.07. The summed E-state index contributed by atoms with van der Waals surface area (Å²) in [5, 5.41) is 6.25. The maximum atomic E-state index is 13.5. The summed E-state index contributed by atoms with van der Waals surface area (Å²) < 4.78 is 26.7. The van der Waals surface area contributed by atoms with Gasteiger partial charge in [-0.3, -0.25) is 4.79 Å². The van der Waals surface area contributed by atoms with Crippen molar-refractivity contribution >= 4 is 17.7 Å². The molecule has 0 bridgehead atoms. The lowest BCUT2D eigenvalue weighted by atomic mass is 9.99. The highest BCUT2D eigenvalue weighted by Crippen LogP contribution is 2.29. The maximum Gasteiger partial charge on any atom is 0.229 e. The van der Waals surface area contributed by atoms with Crippen molar-refractivity contribution in [2.75, 3.05) is 13.1 Å². The highest BCUT2D eigenvalue weighted by Gasteiger charge is 2.21. The van der Waals surface area contributed by atoms with Gasteiger partial charge in [-0.2, -0.15) is 0 Å². The Labute approximate surface area is 127 Å². The van der Waals surface area contributed by atoms with Gasteiger partial charge in [-0.25, -0.2) is 8.78 Å². The van der Waals surface area contributed by atoms with Crippen LogP contribution in [0.15, 0.2) is 28.6 Å². The lowest BCUT2D eigenvalue weighted by molar-refractivity contribution is -0.124. The molecule has 21 heavy (non-hydrogen) atoms. The van der Waals surface area contributed by atoms with Crippen molar-refractivity contribution in [2.45, 2.75) is 24.7 Å². The van der Waals surface area contributed by atoms with Crippen LogP contribution in [0.1, 0.15) is 18.4 Å². The van der Waals surface area contributed by atoms with E-state index in [2.05, 4.69) is 17.2 Å². The number of halogens is 2. The summed E-state index contributed by atoms with van der Waals surface area (Å²) in [6.07, 6.45) is 1.80. The summed E-state index contributed by atoms with van der Waals surface area (Å²) in [4.78, 5) is 12.5. The molecule has 1 fully saturated rings. The van der Waals surface area contributed by atoms with E-state index in [4.69, 9.17) is 0 Å².